The molecule has 1 aromatic carbocycles. The zero-order chi connectivity index (χ0) is 24.5. The molecule has 1 aromatic rings. The first-order valence-corrected chi connectivity index (χ1v) is 16.6. The quantitative estimate of drug-likeness (QED) is 0.0662. The number of hydrogen-bond donors (Lipinski definition) is 0. The maximum absolute atomic E-state index is 12.1. The molecule has 0 spiro atoms. The summed E-state index contributed by atoms with van der Waals surface area (Å²) < 4.78 is 5.93. The number of aryl methyl sites for hydroxylation is 1. The van der Waals surface area contributed by atoms with E-state index in [1.54, 1.807) is 6.92 Å². The van der Waals surface area contributed by atoms with Crippen molar-refractivity contribution in [3.8, 4) is 0 Å². The highest BCUT2D eigenvalue weighted by atomic mass is 28.4. The molecule has 5 nitrogen and oxygen atoms in total. The molecule has 0 aliphatic carbocycles. The summed E-state index contributed by atoms with van der Waals surface area (Å²) in [5.74, 6) is 0.124. The number of carbonyl (C=O) groups is 1. The number of nitrogens with zero attached hydrogens (tertiary/aromatic N) is 3. The summed E-state index contributed by atoms with van der Waals surface area (Å²) in [4.78, 5) is 12.1. The summed E-state index contributed by atoms with van der Waals surface area (Å²) >= 11 is 0. The predicted octanol–water partition coefficient (Wildman–Crippen LogP) is 8.52. The minimum atomic E-state index is -1.51. The van der Waals surface area contributed by atoms with Gasteiger partial charge in [-0.2, -0.15) is 0 Å². The van der Waals surface area contributed by atoms with E-state index in [1.807, 2.05) is 23.2 Å². The standard InChI is InChI=1S/C27H49N3O2Si/c1-7-9-10-11-12-13-14-15-16-17-18-25-23-26(19-20-27(25)24(3)31)28-29-30(8-2)21-22-32-33(4,5)6/h19-20,23H,7-18,21-22H2,1-6H3. The van der Waals surface area contributed by atoms with E-state index >= 15 is 0 Å². The summed E-state index contributed by atoms with van der Waals surface area (Å²) in [5, 5.41) is 10.8. The highest BCUT2D eigenvalue weighted by molar-refractivity contribution is 6.69. The van der Waals surface area contributed by atoms with E-state index < -0.39 is 8.32 Å². The SMILES string of the molecule is CCCCCCCCCCCCc1cc(N=NN(CC)CCO[Si](C)(C)C)ccc1C(C)=O. The third-order valence-corrected chi connectivity index (χ3v) is 6.87. The van der Waals surface area contributed by atoms with Crippen LogP contribution >= 0.6 is 0 Å². The molecule has 0 saturated heterocycles. The molecule has 188 valence electrons. The lowest BCUT2D eigenvalue weighted by Gasteiger charge is -2.20. The number of carbonyl (C=O) groups excluding carboxylic acids is 1. The van der Waals surface area contributed by atoms with Crippen molar-refractivity contribution in [2.75, 3.05) is 19.7 Å². The average Bonchev–Trinajstić information content (AvgIpc) is 2.76. The summed E-state index contributed by atoms with van der Waals surface area (Å²) in [6.45, 7) is 14.8. The molecule has 6 heteroatoms. The fourth-order valence-corrected chi connectivity index (χ4v) is 4.54. The lowest BCUT2D eigenvalue weighted by atomic mass is 9.97. The number of rotatable bonds is 19. The highest BCUT2D eigenvalue weighted by Crippen LogP contribution is 2.22. The van der Waals surface area contributed by atoms with E-state index in [4.69, 9.17) is 4.43 Å². The Balaban J connectivity index is 2.52. The Morgan fingerprint density at radius 3 is 2.09 bits per heavy atom. The van der Waals surface area contributed by atoms with Crippen molar-refractivity contribution in [1.82, 2.24) is 5.01 Å². The Bertz CT molecular complexity index is 701. The summed E-state index contributed by atoms with van der Waals surface area (Å²) in [6.07, 6.45) is 14.1. The number of unbranched alkanes of at least 4 members (excludes halogenated alkanes) is 9. The van der Waals surface area contributed by atoms with Crippen LogP contribution in [0.2, 0.25) is 19.6 Å². The van der Waals surface area contributed by atoms with E-state index in [0.29, 0.717) is 6.61 Å². The summed E-state index contributed by atoms with van der Waals surface area (Å²) in [5.41, 5.74) is 2.73. The van der Waals surface area contributed by atoms with Crippen molar-refractivity contribution in [3.05, 3.63) is 29.3 Å². The second-order valence-corrected chi connectivity index (χ2v) is 14.5. The van der Waals surface area contributed by atoms with Crippen LogP contribution in [-0.4, -0.2) is 38.8 Å². The Morgan fingerprint density at radius 1 is 0.939 bits per heavy atom. The Kier molecular flexibility index (Phi) is 15.2. The van der Waals surface area contributed by atoms with Crippen molar-refractivity contribution >= 4 is 19.8 Å². The maximum atomic E-state index is 12.1. The highest BCUT2D eigenvalue weighted by Gasteiger charge is 2.14. The molecule has 1 rings (SSSR count). The molecule has 0 atom stereocenters. The largest absolute Gasteiger partial charge is 0.416 e. The predicted molar refractivity (Wildman–Crippen MR) is 143 cm³/mol. The molecule has 0 aliphatic rings. The van der Waals surface area contributed by atoms with Crippen molar-refractivity contribution in [3.63, 3.8) is 0 Å². The molecular formula is C27H49N3O2Si. The molecular weight excluding hydrogens is 426 g/mol. The lowest BCUT2D eigenvalue weighted by Crippen LogP contribution is -2.30. The molecule has 0 fully saturated rings. The topological polar surface area (TPSA) is 54.3 Å². The van der Waals surface area contributed by atoms with Crippen LogP contribution in [0.15, 0.2) is 28.5 Å². The Hall–Kier alpha value is -1.53. The molecule has 0 aliphatic heterocycles. The summed E-state index contributed by atoms with van der Waals surface area (Å²) in [6, 6.07) is 5.85. The number of likely N-dealkylation sites (N-methyl/N-ethyl adjacent to an activating group) is 1. The Morgan fingerprint density at radius 2 is 1.55 bits per heavy atom. The fraction of sp³-hybridized carbons (Fsp3) is 0.741. The third-order valence-electron chi connectivity index (χ3n) is 5.80. The van der Waals surface area contributed by atoms with Gasteiger partial charge in [0, 0.05) is 12.1 Å². The van der Waals surface area contributed by atoms with Crippen molar-refractivity contribution < 1.29 is 9.22 Å². The minimum absolute atomic E-state index is 0.124. The van der Waals surface area contributed by atoms with E-state index in [1.165, 1.54) is 57.8 Å². The first-order chi connectivity index (χ1) is 15.8. The first kappa shape index (κ1) is 29.5. The van der Waals surface area contributed by atoms with Crippen LogP contribution in [0.3, 0.4) is 0 Å². The van der Waals surface area contributed by atoms with Gasteiger partial charge < -0.3 is 4.43 Å². The van der Waals surface area contributed by atoms with Gasteiger partial charge in [-0.1, -0.05) is 69.9 Å². The van der Waals surface area contributed by atoms with Crippen LogP contribution in [0.25, 0.3) is 0 Å². The smallest absolute Gasteiger partial charge is 0.183 e. The molecule has 0 heterocycles. The van der Waals surface area contributed by atoms with Gasteiger partial charge in [-0.3, -0.25) is 9.80 Å². The van der Waals surface area contributed by atoms with Gasteiger partial charge in [-0.25, -0.2) is 0 Å². The van der Waals surface area contributed by atoms with Gasteiger partial charge >= 0.3 is 0 Å². The number of ketones is 1. The molecule has 33 heavy (non-hydrogen) atoms. The monoisotopic (exact) mass is 475 g/mol. The second kappa shape index (κ2) is 17.0. The number of Topliss-reactive ketones (excluding diaryl/α,β-unsaturated/α-hetero) is 1. The molecule has 0 bridgehead atoms. The van der Waals surface area contributed by atoms with Crippen molar-refractivity contribution in [2.24, 2.45) is 10.3 Å². The van der Waals surface area contributed by atoms with Gasteiger partial charge in [0.05, 0.1) is 18.8 Å². The van der Waals surface area contributed by atoms with E-state index in [-0.39, 0.29) is 5.78 Å². The summed E-state index contributed by atoms with van der Waals surface area (Å²) in [7, 11) is -1.51. The zero-order valence-corrected chi connectivity index (χ0v) is 23.3. The average molecular weight is 476 g/mol. The van der Waals surface area contributed by atoms with Gasteiger partial charge in [-0.05, 0) is 70.1 Å². The van der Waals surface area contributed by atoms with Crippen LogP contribution in [0.4, 0.5) is 5.69 Å². The molecule has 0 unspecified atom stereocenters. The van der Waals surface area contributed by atoms with Crippen LogP contribution in [0, 0.1) is 0 Å². The third kappa shape index (κ3) is 14.4. The van der Waals surface area contributed by atoms with Gasteiger partial charge in [0.2, 0.25) is 0 Å². The normalized spacial score (nSPS) is 11.9. The van der Waals surface area contributed by atoms with Crippen LogP contribution in [0.1, 0.15) is 101 Å². The molecule has 0 radical (unpaired) electrons. The zero-order valence-electron chi connectivity index (χ0n) is 22.3. The second-order valence-electron chi connectivity index (χ2n) is 10.0. The van der Waals surface area contributed by atoms with Crippen LogP contribution in [0.5, 0.6) is 0 Å². The van der Waals surface area contributed by atoms with Crippen molar-refractivity contribution in [1.29, 1.82) is 0 Å². The molecule has 0 N–H and O–H groups in total. The van der Waals surface area contributed by atoms with E-state index in [9.17, 15) is 4.79 Å². The Labute approximate surface area is 204 Å². The maximum Gasteiger partial charge on any atom is 0.183 e. The van der Waals surface area contributed by atoms with Gasteiger partial charge in [0.1, 0.15) is 0 Å². The molecule has 0 saturated carbocycles. The lowest BCUT2D eigenvalue weighted by molar-refractivity contribution is 0.101. The fourth-order valence-electron chi connectivity index (χ4n) is 3.83. The van der Waals surface area contributed by atoms with Crippen molar-refractivity contribution in [2.45, 2.75) is 111 Å². The number of benzene rings is 1. The van der Waals surface area contributed by atoms with Gasteiger partial charge in [-0.15, -0.1) is 5.11 Å². The van der Waals surface area contributed by atoms with Gasteiger partial charge in [0.15, 0.2) is 14.1 Å². The van der Waals surface area contributed by atoms with E-state index in [2.05, 4.69) is 43.8 Å². The first-order valence-electron chi connectivity index (χ1n) is 13.2. The molecule has 0 amide bonds. The van der Waals surface area contributed by atoms with Crippen LogP contribution in [-0.2, 0) is 10.8 Å². The van der Waals surface area contributed by atoms with Gasteiger partial charge in [0.25, 0.3) is 0 Å². The van der Waals surface area contributed by atoms with Crippen LogP contribution < -0.4 is 0 Å². The number of hydrogen-bond acceptors (Lipinski definition) is 4. The van der Waals surface area contributed by atoms with E-state index in [0.717, 1.165) is 42.7 Å². The molecule has 0 aromatic heterocycles. The minimum Gasteiger partial charge on any atom is -0.416 e.